The molecule has 1 aliphatic carbocycles. The van der Waals surface area contributed by atoms with E-state index in [1.165, 1.54) is 22.5 Å². The molecule has 0 aromatic heterocycles. The van der Waals surface area contributed by atoms with Gasteiger partial charge in [0.05, 0.1) is 6.10 Å². The van der Waals surface area contributed by atoms with Crippen molar-refractivity contribution in [3.63, 3.8) is 0 Å². The number of rotatable bonds is 2. The lowest BCUT2D eigenvalue weighted by atomic mass is 9.88. The van der Waals surface area contributed by atoms with Crippen molar-refractivity contribution in [1.29, 1.82) is 0 Å². The molecule has 6 nitrogen and oxygen atoms in total. The first-order chi connectivity index (χ1) is 14.6. The summed E-state index contributed by atoms with van der Waals surface area (Å²) in [5.41, 5.74) is 6.20. The zero-order valence-corrected chi connectivity index (χ0v) is 18.0. The van der Waals surface area contributed by atoms with Crippen LogP contribution in [0.25, 0.3) is 0 Å². The molecule has 2 bridgehead atoms. The van der Waals surface area contributed by atoms with E-state index in [1.54, 1.807) is 0 Å². The molecule has 0 saturated carbocycles. The number of allylic oxidation sites excluding steroid dienone is 3. The van der Waals surface area contributed by atoms with Crippen molar-refractivity contribution in [2.75, 3.05) is 46.4 Å². The molecule has 0 atom stereocenters. The molecule has 4 heterocycles. The highest BCUT2D eigenvalue weighted by molar-refractivity contribution is 5.97. The van der Waals surface area contributed by atoms with Crippen molar-refractivity contribution < 1.29 is 14.6 Å². The SMILES string of the molecule is CN1C2=CC=C(C(=O)N3CCC(O)CC3)C=C(C2)C2=C1CCN(C1CCOCC1)C2. The summed E-state index contributed by atoms with van der Waals surface area (Å²) in [6.45, 7) is 5.10. The maximum Gasteiger partial charge on any atom is 0.253 e. The first-order valence-corrected chi connectivity index (χ1v) is 11.5. The largest absolute Gasteiger partial charge is 0.393 e. The first kappa shape index (κ1) is 20.0. The molecule has 2 saturated heterocycles. The number of aliphatic hydroxyl groups is 1. The minimum Gasteiger partial charge on any atom is -0.393 e. The molecule has 0 radical (unpaired) electrons. The molecule has 4 aliphatic heterocycles. The van der Waals surface area contributed by atoms with Crippen LogP contribution in [0.5, 0.6) is 0 Å². The molecule has 0 aromatic carbocycles. The first-order valence-electron chi connectivity index (χ1n) is 11.5. The Balaban J connectivity index is 1.40. The van der Waals surface area contributed by atoms with Gasteiger partial charge >= 0.3 is 0 Å². The quantitative estimate of drug-likeness (QED) is 0.755. The predicted molar refractivity (Wildman–Crippen MR) is 116 cm³/mol. The third-order valence-corrected chi connectivity index (χ3v) is 7.43. The predicted octanol–water partition coefficient (Wildman–Crippen LogP) is 2.19. The van der Waals surface area contributed by atoms with Crippen LogP contribution in [0, 0.1) is 0 Å². The Morgan fingerprint density at radius 1 is 1.10 bits per heavy atom. The maximum atomic E-state index is 13.2. The number of aliphatic hydroxyl groups excluding tert-OH is 1. The van der Waals surface area contributed by atoms with Crippen molar-refractivity contribution in [3.8, 4) is 0 Å². The number of ether oxygens (including phenoxy) is 1. The zero-order valence-electron chi connectivity index (χ0n) is 18.0. The number of likely N-dealkylation sites (tertiary alicyclic amines) is 1. The Hall–Kier alpha value is -1.89. The van der Waals surface area contributed by atoms with E-state index in [0.717, 1.165) is 57.6 Å². The van der Waals surface area contributed by atoms with E-state index < -0.39 is 0 Å². The van der Waals surface area contributed by atoms with Crippen LogP contribution in [-0.2, 0) is 9.53 Å². The lowest BCUT2D eigenvalue weighted by molar-refractivity contribution is -0.128. The molecular formula is C24H33N3O3. The van der Waals surface area contributed by atoms with Crippen LogP contribution >= 0.6 is 0 Å². The van der Waals surface area contributed by atoms with E-state index in [0.29, 0.717) is 32.0 Å². The van der Waals surface area contributed by atoms with E-state index in [4.69, 9.17) is 4.74 Å². The van der Waals surface area contributed by atoms with Gasteiger partial charge in [-0.2, -0.15) is 0 Å². The average Bonchev–Trinajstić information content (AvgIpc) is 2.99. The number of carbonyl (C=O) groups excluding carboxylic acids is 1. The van der Waals surface area contributed by atoms with Crippen LogP contribution in [0.1, 0.15) is 38.5 Å². The molecule has 162 valence electrons. The summed E-state index contributed by atoms with van der Waals surface area (Å²) < 4.78 is 5.57. The Morgan fingerprint density at radius 2 is 1.87 bits per heavy atom. The lowest BCUT2D eigenvalue weighted by Gasteiger charge is -2.43. The molecule has 0 aromatic rings. The zero-order chi connectivity index (χ0) is 20.7. The highest BCUT2D eigenvalue weighted by Gasteiger charge is 2.34. The molecule has 30 heavy (non-hydrogen) atoms. The standard InChI is InChI=1S/C24H33N3O3/c1-25-20-3-2-17(24(29)26-9-4-21(28)5-10-26)14-18(15-20)22-16-27(11-6-23(22)25)19-7-12-30-13-8-19/h2-3,14,19,21,28H,4-13,15-16H2,1H3. The van der Waals surface area contributed by atoms with Crippen LogP contribution in [0.15, 0.2) is 46.3 Å². The van der Waals surface area contributed by atoms with Crippen molar-refractivity contribution in [2.45, 2.75) is 50.7 Å². The van der Waals surface area contributed by atoms with Gasteiger partial charge in [-0.3, -0.25) is 9.69 Å². The lowest BCUT2D eigenvalue weighted by Crippen LogP contribution is -2.45. The van der Waals surface area contributed by atoms with Crippen molar-refractivity contribution in [2.24, 2.45) is 0 Å². The van der Waals surface area contributed by atoms with Gasteiger partial charge in [-0.25, -0.2) is 0 Å². The third-order valence-electron chi connectivity index (χ3n) is 7.43. The highest BCUT2D eigenvalue weighted by Crippen LogP contribution is 2.40. The van der Waals surface area contributed by atoms with Crippen LogP contribution in [0.4, 0.5) is 0 Å². The second-order valence-corrected chi connectivity index (χ2v) is 9.20. The van der Waals surface area contributed by atoms with Gasteiger partial charge in [0.15, 0.2) is 0 Å². The summed E-state index contributed by atoms with van der Waals surface area (Å²) in [5.74, 6) is 0.0979. The van der Waals surface area contributed by atoms with Gasteiger partial charge in [-0.15, -0.1) is 0 Å². The summed E-state index contributed by atoms with van der Waals surface area (Å²) in [7, 11) is 2.18. The molecular weight excluding hydrogens is 378 g/mol. The van der Waals surface area contributed by atoms with Gasteiger partial charge in [-0.1, -0.05) is 0 Å². The van der Waals surface area contributed by atoms with Gasteiger partial charge in [0.2, 0.25) is 0 Å². The molecule has 0 spiro atoms. The number of piperidine rings is 1. The number of nitrogens with zero attached hydrogens (tertiary/aromatic N) is 3. The third kappa shape index (κ3) is 3.77. The fourth-order valence-electron chi connectivity index (χ4n) is 5.50. The molecule has 5 rings (SSSR count). The molecule has 1 amide bonds. The van der Waals surface area contributed by atoms with E-state index in [2.05, 4.69) is 29.0 Å². The van der Waals surface area contributed by atoms with Crippen molar-refractivity contribution >= 4 is 5.91 Å². The maximum absolute atomic E-state index is 13.2. The van der Waals surface area contributed by atoms with Crippen LogP contribution < -0.4 is 0 Å². The monoisotopic (exact) mass is 411 g/mol. The minimum atomic E-state index is -0.267. The summed E-state index contributed by atoms with van der Waals surface area (Å²) in [6, 6.07) is 0.609. The summed E-state index contributed by atoms with van der Waals surface area (Å²) >= 11 is 0. The topological polar surface area (TPSA) is 56.2 Å². The van der Waals surface area contributed by atoms with Gasteiger partial charge in [-0.05, 0) is 55.1 Å². The Morgan fingerprint density at radius 3 is 2.63 bits per heavy atom. The van der Waals surface area contributed by atoms with Gasteiger partial charge in [0.25, 0.3) is 5.91 Å². The molecule has 0 unspecified atom stereocenters. The highest BCUT2D eigenvalue weighted by atomic mass is 16.5. The molecule has 6 heteroatoms. The van der Waals surface area contributed by atoms with E-state index in [9.17, 15) is 9.90 Å². The molecule has 1 N–H and O–H groups in total. The second-order valence-electron chi connectivity index (χ2n) is 9.20. The summed E-state index contributed by atoms with van der Waals surface area (Å²) in [5, 5.41) is 9.78. The number of amides is 1. The van der Waals surface area contributed by atoms with Crippen molar-refractivity contribution in [1.82, 2.24) is 14.7 Å². The minimum absolute atomic E-state index is 0.0979. The van der Waals surface area contributed by atoms with E-state index in [-0.39, 0.29) is 12.0 Å². The number of carbonyl (C=O) groups is 1. The average molecular weight is 412 g/mol. The number of hydrogen-bond donors (Lipinski definition) is 1. The fourth-order valence-corrected chi connectivity index (χ4v) is 5.50. The van der Waals surface area contributed by atoms with E-state index in [1.807, 2.05) is 11.0 Å². The fraction of sp³-hybridized carbons (Fsp3) is 0.625. The molecule has 5 aliphatic rings. The molecule has 2 fully saturated rings. The van der Waals surface area contributed by atoms with Crippen LogP contribution in [-0.4, -0.2) is 84.3 Å². The van der Waals surface area contributed by atoms with Crippen molar-refractivity contribution in [3.05, 3.63) is 46.3 Å². The van der Waals surface area contributed by atoms with Crippen LogP contribution in [0.3, 0.4) is 0 Å². The summed E-state index contributed by atoms with van der Waals surface area (Å²) in [4.78, 5) is 20.1. The van der Waals surface area contributed by atoms with Crippen LogP contribution in [0.2, 0.25) is 0 Å². The van der Waals surface area contributed by atoms with Gasteiger partial charge < -0.3 is 19.6 Å². The Kier molecular flexibility index (Phi) is 5.56. The van der Waals surface area contributed by atoms with E-state index >= 15 is 0 Å². The second kappa shape index (κ2) is 8.33. The van der Waals surface area contributed by atoms with Gasteiger partial charge in [0, 0.05) is 82.3 Å². The van der Waals surface area contributed by atoms with Gasteiger partial charge in [0.1, 0.15) is 0 Å². The Labute approximate surface area is 179 Å². The summed E-state index contributed by atoms with van der Waals surface area (Å²) in [6.07, 6.45) is 11.5. The number of hydrogen-bond acceptors (Lipinski definition) is 5. The Bertz CT molecular complexity index is 827. The normalized spacial score (nSPS) is 26.7. The smallest absolute Gasteiger partial charge is 0.253 e. The number of fused-ring (bicyclic) bond motifs is 3.